The van der Waals surface area contributed by atoms with Gasteiger partial charge in [0.2, 0.25) is 0 Å². The van der Waals surface area contributed by atoms with Gasteiger partial charge in [0.25, 0.3) is 0 Å². The number of methoxy groups -OCH3 is 1. The fraction of sp³-hybridized carbons (Fsp3) is 0.188. The Bertz CT molecular complexity index is 613. The minimum Gasteiger partial charge on any atom is -0.497 e. The first-order valence-electron chi connectivity index (χ1n) is 6.52. The van der Waals surface area contributed by atoms with Crippen LogP contribution in [-0.2, 0) is 11.3 Å². The molecule has 1 heterocycles. The van der Waals surface area contributed by atoms with Crippen molar-refractivity contribution in [3.05, 3.63) is 54.4 Å². The topological polar surface area (TPSA) is 60.7 Å². The molecule has 0 atom stereocenters. The molecule has 1 aromatic carbocycles. The first-order chi connectivity index (χ1) is 10.2. The maximum atomic E-state index is 10.5. The molecule has 0 bridgehead atoms. The van der Waals surface area contributed by atoms with E-state index in [1.165, 1.54) is 0 Å². The number of hydrogen-bond acceptors (Lipinski definition) is 3. The lowest BCUT2D eigenvalue weighted by Gasteiger charge is -2.09. The Balaban J connectivity index is 1.88. The maximum absolute atomic E-state index is 10.5. The van der Waals surface area contributed by atoms with Crippen molar-refractivity contribution in [2.75, 3.05) is 13.7 Å². The fourth-order valence-electron chi connectivity index (χ4n) is 1.87. The van der Waals surface area contributed by atoms with Crippen LogP contribution in [0, 0.1) is 0 Å². The number of rotatable bonds is 7. The van der Waals surface area contributed by atoms with Crippen molar-refractivity contribution in [1.82, 2.24) is 4.57 Å². The molecule has 0 fully saturated rings. The van der Waals surface area contributed by atoms with Gasteiger partial charge >= 0.3 is 5.97 Å². The fourth-order valence-corrected chi connectivity index (χ4v) is 1.87. The van der Waals surface area contributed by atoms with Crippen molar-refractivity contribution in [3.63, 3.8) is 0 Å². The summed E-state index contributed by atoms with van der Waals surface area (Å²) in [6.07, 6.45) is 4.57. The number of carboxylic acids is 1. The van der Waals surface area contributed by atoms with Gasteiger partial charge in [0.05, 0.1) is 13.7 Å². The number of carbonyl (C=O) groups is 1. The van der Waals surface area contributed by atoms with Gasteiger partial charge in [-0.3, -0.25) is 0 Å². The number of nitrogens with zero attached hydrogens (tertiary/aromatic N) is 1. The molecular formula is C16H17NO4. The molecule has 0 radical (unpaired) electrons. The summed E-state index contributed by atoms with van der Waals surface area (Å²) in [5.74, 6) is 0.594. The van der Waals surface area contributed by atoms with Crippen molar-refractivity contribution in [1.29, 1.82) is 0 Å². The zero-order valence-electron chi connectivity index (χ0n) is 11.7. The Kier molecular flexibility index (Phi) is 5.04. The molecule has 21 heavy (non-hydrogen) atoms. The molecule has 0 aliphatic carbocycles. The summed E-state index contributed by atoms with van der Waals surface area (Å²) in [5, 5.41) is 8.64. The molecule has 1 aromatic heterocycles. The molecule has 1 N–H and O–H groups in total. The number of aromatic nitrogens is 1. The number of hydrogen-bond donors (Lipinski definition) is 1. The zero-order valence-corrected chi connectivity index (χ0v) is 11.7. The highest BCUT2D eigenvalue weighted by Gasteiger charge is 2.00. The molecule has 2 aromatic rings. The molecule has 0 aliphatic heterocycles. The monoisotopic (exact) mass is 287 g/mol. The van der Waals surface area contributed by atoms with Crippen molar-refractivity contribution < 1.29 is 19.4 Å². The summed E-state index contributed by atoms with van der Waals surface area (Å²) in [7, 11) is 1.62. The van der Waals surface area contributed by atoms with Crippen LogP contribution in [0.3, 0.4) is 0 Å². The molecule has 5 heteroatoms. The van der Waals surface area contributed by atoms with E-state index in [0.29, 0.717) is 13.2 Å². The molecule has 5 nitrogen and oxygen atoms in total. The van der Waals surface area contributed by atoms with Crippen molar-refractivity contribution >= 4 is 12.0 Å². The summed E-state index contributed by atoms with van der Waals surface area (Å²) in [4.78, 5) is 10.5. The molecule has 0 saturated heterocycles. The lowest BCUT2D eigenvalue weighted by molar-refractivity contribution is -0.131. The van der Waals surface area contributed by atoms with Crippen molar-refractivity contribution in [2.24, 2.45) is 0 Å². The molecule has 0 amide bonds. The van der Waals surface area contributed by atoms with Crippen LogP contribution >= 0.6 is 0 Å². The summed E-state index contributed by atoms with van der Waals surface area (Å²) in [6, 6.07) is 11.1. The molecule has 0 saturated carbocycles. The molecule has 0 aliphatic rings. The molecule has 110 valence electrons. The summed E-state index contributed by atoms with van der Waals surface area (Å²) >= 11 is 0. The van der Waals surface area contributed by atoms with E-state index in [1.807, 2.05) is 47.2 Å². The Morgan fingerprint density at radius 2 is 1.95 bits per heavy atom. The Morgan fingerprint density at radius 3 is 2.62 bits per heavy atom. The SMILES string of the molecule is COc1ccc(OCCn2cccc2/C=C/C(=O)O)cc1. The van der Waals surface area contributed by atoms with Gasteiger partial charge < -0.3 is 19.1 Å². The highest BCUT2D eigenvalue weighted by atomic mass is 16.5. The van der Waals surface area contributed by atoms with Crippen LogP contribution in [-0.4, -0.2) is 29.4 Å². The Labute approximate surface area is 123 Å². The van der Waals surface area contributed by atoms with Crippen LogP contribution in [0.1, 0.15) is 5.69 Å². The van der Waals surface area contributed by atoms with E-state index in [2.05, 4.69) is 0 Å². The number of ether oxygens (including phenoxy) is 2. The third-order valence-electron chi connectivity index (χ3n) is 2.92. The minimum absolute atomic E-state index is 0.495. The normalized spacial score (nSPS) is 10.7. The second-order valence-corrected chi connectivity index (χ2v) is 4.32. The van der Waals surface area contributed by atoms with E-state index >= 15 is 0 Å². The third kappa shape index (κ3) is 4.42. The average Bonchev–Trinajstić information content (AvgIpc) is 2.93. The van der Waals surface area contributed by atoms with E-state index in [4.69, 9.17) is 14.6 Å². The molecular weight excluding hydrogens is 270 g/mol. The summed E-state index contributed by atoms with van der Waals surface area (Å²) in [6.45, 7) is 1.13. The standard InChI is InChI=1S/C16H17NO4/c1-20-14-5-7-15(8-6-14)21-12-11-17-10-2-3-13(17)4-9-16(18)19/h2-10H,11-12H2,1H3,(H,18,19)/b9-4+. The van der Waals surface area contributed by atoms with Gasteiger partial charge in [-0.25, -0.2) is 4.79 Å². The average molecular weight is 287 g/mol. The highest BCUT2D eigenvalue weighted by Crippen LogP contribution is 2.17. The van der Waals surface area contributed by atoms with Gasteiger partial charge in [-0.15, -0.1) is 0 Å². The molecule has 2 rings (SSSR count). The van der Waals surface area contributed by atoms with Gasteiger partial charge in [-0.1, -0.05) is 0 Å². The largest absolute Gasteiger partial charge is 0.497 e. The van der Waals surface area contributed by atoms with E-state index in [9.17, 15) is 4.79 Å². The smallest absolute Gasteiger partial charge is 0.328 e. The Hall–Kier alpha value is -2.69. The third-order valence-corrected chi connectivity index (χ3v) is 2.92. The Morgan fingerprint density at radius 1 is 1.24 bits per heavy atom. The number of benzene rings is 1. The first kappa shape index (κ1) is 14.7. The van der Waals surface area contributed by atoms with Crippen LogP contribution < -0.4 is 9.47 Å². The zero-order chi connectivity index (χ0) is 15.1. The second-order valence-electron chi connectivity index (χ2n) is 4.32. The lowest BCUT2D eigenvalue weighted by atomic mass is 10.3. The predicted octanol–water partition coefficient (Wildman–Crippen LogP) is 2.67. The van der Waals surface area contributed by atoms with Crippen LogP contribution in [0.4, 0.5) is 0 Å². The predicted molar refractivity (Wildman–Crippen MR) is 79.6 cm³/mol. The minimum atomic E-state index is -0.961. The molecule has 0 unspecified atom stereocenters. The summed E-state index contributed by atoms with van der Waals surface area (Å²) < 4.78 is 12.7. The quantitative estimate of drug-likeness (QED) is 0.795. The maximum Gasteiger partial charge on any atom is 0.328 e. The van der Waals surface area contributed by atoms with Crippen LogP contribution in [0.25, 0.3) is 6.08 Å². The van der Waals surface area contributed by atoms with E-state index in [1.54, 1.807) is 13.2 Å². The van der Waals surface area contributed by atoms with Crippen molar-refractivity contribution in [2.45, 2.75) is 6.54 Å². The summed E-state index contributed by atoms with van der Waals surface area (Å²) in [5.41, 5.74) is 0.829. The van der Waals surface area contributed by atoms with Crippen molar-refractivity contribution in [3.8, 4) is 11.5 Å². The van der Waals surface area contributed by atoms with Gasteiger partial charge in [0.15, 0.2) is 0 Å². The number of aliphatic carboxylic acids is 1. The second kappa shape index (κ2) is 7.19. The lowest BCUT2D eigenvalue weighted by Crippen LogP contribution is -2.08. The molecule has 0 spiro atoms. The first-order valence-corrected chi connectivity index (χ1v) is 6.52. The van der Waals surface area contributed by atoms with E-state index < -0.39 is 5.97 Å². The van der Waals surface area contributed by atoms with Gasteiger partial charge in [0, 0.05) is 18.0 Å². The van der Waals surface area contributed by atoms with Gasteiger partial charge in [-0.2, -0.15) is 0 Å². The highest BCUT2D eigenvalue weighted by molar-refractivity contribution is 5.84. The van der Waals surface area contributed by atoms with Gasteiger partial charge in [0.1, 0.15) is 18.1 Å². The van der Waals surface area contributed by atoms with Crippen LogP contribution in [0.2, 0.25) is 0 Å². The van der Waals surface area contributed by atoms with Gasteiger partial charge in [-0.05, 0) is 42.5 Å². The van der Waals surface area contributed by atoms with E-state index in [0.717, 1.165) is 23.3 Å². The van der Waals surface area contributed by atoms with E-state index in [-0.39, 0.29) is 0 Å². The van der Waals surface area contributed by atoms with Crippen LogP contribution in [0.5, 0.6) is 11.5 Å². The number of carboxylic acid groups (broad SMARTS) is 1. The van der Waals surface area contributed by atoms with Crippen LogP contribution in [0.15, 0.2) is 48.7 Å².